The van der Waals surface area contributed by atoms with Gasteiger partial charge in [0.25, 0.3) is 0 Å². The van der Waals surface area contributed by atoms with Gasteiger partial charge in [-0.3, -0.25) is 5.10 Å². The molecule has 1 aromatic heterocycles. The van der Waals surface area contributed by atoms with Gasteiger partial charge in [0.05, 0.1) is 0 Å². The van der Waals surface area contributed by atoms with Gasteiger partial charge < -0.3 is 4.74 Å². The van der Waals surface area contributed by atoms with E-state index in [4.69, 9.17) is 4.74 Å². The number of esters is 1. The Hall–Kier alpha value is -2.10. The fourth-order valence-corrected chi connectivity index (χ4v) is 2.22. The average Bonchev–Trinajstić information content (AvgIpc) is 2.86. The van der Waals surface area contributed by atoms with Crippen LogP contribution in [0, 0.1) is 12.8 Å². The van der Waals surface area contributed by atoms with Gasteiger partial charge in [-0.05, 0) is 37.8 Å². The van der Waals surface area contributed by atoms with E-state index in [9.17, 15) is 4.79 Å². The first-order valence-electron chi connectivity index (χ1n) is 7.27. The molecule has 0 fully saturated rings. The van der Waals surface area contributed by atoms with Crippen molar-refractivity contribution in [1.82, 2.24) is 10.2 Å². The highest BCUT2D eigenvalue weighted by atomic mass is 16.5. The van der Waals surface area contributed by atoms with Crippen molar-refractivity contribution in [3.05, 3.63) is 52.8 Å². The number of aromatic amines is 1. The first kappa shape index (κ1) is 15.3. The fraction of sp³-hybridized carbons (Fsp3) is 0.412. The van der Waals surface area contributed by atoms with Crippen LogP contribution < -0.4 is 0 Å². The maximum absolute atomic E-state index is 12.1. The largest absolute Gasteiger partial charge is 0.453 e. The van der Waals surface area contributed by atoms with Crippen LogP contribution in [0.5, 0.6) is 0 Å². The summed E-state index contributed by atoms with van der Waals surface area (Å²) >= 11 is 0. The first-order chi connectivity index (χ1) is 9.95. The highest BCUT2D eigenvalue weighted by Crippen LogP contribution is 2.19. The third-order valence-corrected chi connectivity index (χ3v) is 3.26. The van der Waals surface area contributed by atoms with Gasteiger partial charge in [-0.2, -0.15) is 5.10 Å². The number of carbonyl (C=O) groups is 1. The third-order valence-electron chi connectivity index (χ3n) is 3.26. The van der Waals surface area contributed by atoms with Crippen molar-refractivity contribution < 1.29 is 9.53 Å². The van der Waals surface area contributed by atoms with Crippen LogP contribution >= 0.6 is 0 Å². The molecular weight excluding hydrogens is 264 g/mol. The van der Waals surface area contributed by atoms with Crippen LogP contribution in [-0.2, 0) is 11.2 Å². The Morgan fingerprint density at radius 2 is 2.05 bits per heavy atom. The third kappa shape index (κ3) is 4.18. The molecule has 0 radical (unpaired) electrons. The van der Waals surface area contributed by atoms with Crippen LogP contribution in [0.15, 0.2) is 30.3 Å². The second-order valence-electron chi connectivity index (χ2n) is 5.84. The molecule has 4 nitrogen and oxygen atoms in total. The normalized spacial score (nSPS) is 12.4. The van der Waals surface area contributed by atoms with Crippen molar-refractivity contribution in [2.24, 2.45) is 5.92 Å². The van der Waals surface area contributed by atoms with E-state index in [-0.39, 0.29) is 6.10 Å². The molecule has 2 rings (SSSR count). The van der Waals surface area contributed by atoms with Crippen LogP contribution in [0.25, 0.3) is 0 Å². The molecule has 0 spiro atoms. The topological polar surface area (TPSA) is 55.0 Å². The zero-order chi connectivity index (χ0) is 15.4. The van der Waals surface area contributed by atoms with E-state index in [1.54, 1.807) is 6.07 Å². The van der Waals surface area contributed by atoms with Gasteiger partial charge in [0, 0.05) is 5.69 Å². The van der Waals surface area contributed by atoms with Crippen LogP contribution in [0.4, 0.5) is 0 Å². The zero-order valence-electron chi connectivity index (χ0n) is 13.0. The molecule has 0 aliphatic heterocycles. The standard InChI is InChI=1S/C17H22N2O2/c1-11(2)8-15-10-16(19-18-15)17(20)21-13(4)14-7-5-6-12(3)9-14/h5-7,9-11,13H,8H2,1-4H3,(H,18,19)/t13-/m1/s1. The lowest BCUT2D eigenvalue weighted by molar-refractivity contribution is 0.0330. The number of hydrogen-bond acceptors (Lipinski definition) is 3. The minimum absolute atomic E-state index is 0.289. The van der Waals surface area contributed by atoms with Crippen molar-refractivity contribution in [2.45, 2.75) is 40.2 Å². The van der Waals surface area contributed by atoms with Crippen molar-refractivity contribution in [3.63, 3.8) is 0 Å². The van der Waals surface area contributed by atoms with E-state index in [0.717, 1.165) is 23.2 Å². The number of benzene rings is 1. The lowest BCUT2D eigenvalue weighted by Gasteiger charge is -2.13. The number of hydrogen-bond donors (Lipinski definition) is 1. The second-order valence-corrected chi connectivity index (χ2v) is 5.84. The van der Waals surface area contributed by atoms with Gasteiger partial charge in [-0.15, -0.1) is 0 Å². The minimum atomic E-state index is -0.393. The van der Waals surface area contributed by atoms with E-state index in [2.05, 4.69) is 24.0 Å². The van der Waals surface area contributed by atoms with Crippen molar-refractivity contribution in [3.8, 4) is 0 Å². The number of aromatic nitrogens is 2. The highest BCUT2D eigenvalue weighted by molar-refractivity contribution is 5.87. The molecule has 21 heavy (non-hydrogen) atoms. The molecular formula is C17H22N2O2. The number of ether oxygens (including phenoxy) is 1. The van der Waals surface area contributed by atoms with Crippen LogP contribution in [0.1, 0.15) is 54.2 Å². The predicted molar refractivity (Wildman–Crippen MR) is 82.1 cm³/mol. The van der Waals surface area contributed by atoms with Gasteiger partial charge >= 0.3 is 5.97 Å². The maximum Gasteiger partial charge on any atom is 0.359 e. The van der Waals surface area contributed by atoms with E-state index >= 15 is 0 Å². The Morgan fingerprint density at radius 3 is 2.71 bits per heavy atom. The lowest BCUT2D eigenvalue weighted by atomic mass is 10.1. The van der Waals surface area contributed by atoms with Crippen LogP contribution in [0.2, 0.25) is 0 Å². The van der Waals surface area contributed by atoms with Gasteiger partial charge in [-0.25, -0.2) is 4.79 Å². The Labute approximate surface area is 125 Å². The van der Waals surface area contributed by atoms with Gasteiger partial charge in [0.1, 0.15) is 6.10 Å². The Kier molecular flexibility index (Phi) is 4.78. The molecule has 2 aromatic rings. The molecule has 1 heterocycles. The summed E-state index contributed by atoms with van der Waals surface area (Å²) in [5.41, 5.74) is 3.43. The summed E-state index contributed by atoms with van der Waals surface area (Å²) in [6, 6.07) is 9.73. The van der Waals surface area contributed by atoms with Crippen LogP contribution in [0.3, 0.4) is 0 Å². The molecule has 4 heteroatoms. The molecule has 0 bridgehead atoms. The Balaban J connectivity index is 2.02. The van der Waals surface area contributed by atoms with Gasteiger partial charge in [-0.1, -0.05) is 43.7 Å². The molecule has 0 amide bonds. The summed E-state index contributed by atoms with van der Waals surface area (Å²) in [4.78, 5) is 12.1. The Bertz CT molecular complexity index is 617. The maximum atomic E-state index is 12.1. The highest BCUT2D eigenvalue weighted by Gasteiger charge is 2.17. The molecule has 0 aliphatic carbocycles. The van der Waals surface area contributed by atoms with E-state index in [0.29, 0.717) is 11.6 Å². The molecule has 0 saturated heterocycles. The fourth-order valence-electron chi connectivity index (χ4n) is 2.22. The van der Waals surface area contributed by atoms with Crippen molar-refractivity contribution in [2.75, 3.05) is 0 Å². The summed E-state index contributed by atoms with van der Waals surface area (Å²) in [5.74, 6) is 0.121. The first-order valence-corrected chi connectivity index (χ1v) is 7.27. The summed E-state index contributed by atoms with van der Waals surface area (Å²) in [7, 11) is 0. The van der Waals surface area contributed by atoms with Crippen molar-refractivity contribution in [1.29, 1.82) is 0 Å². The SMILES string of the molecule is Cc1cccc([C@@H](C)OC(=O)c2cc(CC(C)C)[nH]n2)c1. The smallest absolute Gasteiger partial charge is 0.359 e. The zero-order valence-corrected chi connectivity index (χ0v) is 13.0. The lowest BCUT2D eigenvalue weighted by Crippen LogP contribution is -2.09. The molecule has 0 aliphatic rings. The second kappa shape index (κ2) is 6.57. The predicted octanol–water partition coefficient (Wildman–Crippen LogP) is 3.83. The number of nitrogens with one attached hydrogen (secondary N) is 1. The average molecular weight is 286 g/mol. The number of H-pyrrole nitrogens is 1. The quantitative estimate of drug-likeness (QED) is 0.850. The van der Waals surface area contributed by atoms with E-state index in [1.165, 1.54) is 0 Å². The van der Waals surface area contributed by atoms with Gasteiger partial charge in [0.15, 0.2) is 5.69 Å². The van der Waals surface area contributed by atoms with Crippen molar-refractivity contribution >= 4 is 5.97 Å². The molecule has 112 valence electrons. The van der Waals surface area contributed by atoms with E-state index < -0.39 is 5.97 Å². The summed E-state index contributed by atoms with van der Waals surface area (Å²) in [5, 5.41) is 6.92. The minimum Gasteiger partial charge on any atom is -0.453 e. The van der Waals surface area contributed by atoms with Crippen LogP contribution in [-0.4, -0.2) is 16.2 Å². The number of rotatable bonds is 5. The van der Waals surface area contributed by atoms with E-state index in [1.807, 2.05) is 38.1 Å². The number of carbonyl (C=O) groups excluding carboxylic acids is 1. The molecule has 1 N–H and O–H groups in total. The van der Waals surface area contributed by atoms with Gasteiger partial charge in [0.2, 0.25) is 0 Å². The molecule has 0 saturated carbocycles. The Morgan fingerprint density at radius 1 is 1.29 bits per heavy atom. The number of aryl methyl sites for hydroxylation is 1. The molecule has 0 unspecified atom stereocenters. The summed E-state index contributed by atoms with van der Waals surface area (Å²) in [6.45, 7) is 8.13. The monoisotopic (exact) mass is 286 g/mol. The summed E-state index contributed by atoms with van der Waals surface area (Å²) < 4.78 is 5.47. The molecule has 1 aromatic carbocycles. The molecule has 1 atom stereocenters. The summed E-state index contributed by atoms with van der Waals surface area (Å²) in [6.07, 6.45) is 0.580. The number of nitrogens with zero attached hydrogens (tertiary/aromatic N) is 1.